The van der Waals surface area contributed by atoms with Crippen LogP contribution in [0.1, 0.15) is 16.1 Å². The lowest BCUT2D eigenvalue weighted by atomic mass is 10.2. The van der Waals surface area contributed by atoms with Crippen LogP contribution in [0.4, 0.5) is 17.5 Å². The Hall–Kier alpha value is -3.88. The molecule has 0 aliphatic carbocycles. The highest BCUT2D eigenvalue weighted by Crippen LogP contribution is 2.22. The van der Waals surface area contributed by atoms with Gasteiger partial charge in [-0.25, -0.2) is 9.97 Å². The summed E-state index contributed by atoms with van der Waals surface area (Å²) in [6.07, 6.45) is 1.58. The van der Waals surface area contributed by atoms with Gasteiger partial charge in [0.1, 0.15) is 11.6 Å². The van der Waals surface area contributed by atoms with Crippen LogP contribution in [0.3, 0.4) is 0 Å². The maximum absolute atomic E-state index is 12.8. The Morgan fingerprint density at radius 3 is 2.41 bits per heavy atom. The number of carbonyl (C=O) groups is 1. The number of rotatable bonds is 6. The minimum absolute atomic E-state index is 0.0302. The fraction of sp³-hybridized carbons (Fsp3) is 0.304. The number of benzene rings is 1. The number of aromatic nitrogens is 3. The van der Waals surface area contributed by atoms with E-state index in [2.05, 4.69) is 20.2 Å². The van der Waals surface area contributed by atoms with Gasteiger partial charge < -0.3 is 24.6 Å². The molecule has 1 amide bonds. The molecule has 2 aromatic heterocycles. The molecule has 1 aliphatic rings. The SMILES string of the molecule is COc1ccc(Nc2cc(C)nc(N3CCN(C(=O)c4ccnc(OC)c4)CC3)n2)cc1. The van der Waals surface area contributed by atoms with Crippen LogP contribution in [0.5, 0.6) is 11.6 Å². The van der Waals surface area contributed by atoms with Crippen molar-refractivity contribution in [3.8, 4) is 11.6 Å². The van der Waals surface area contributed by atoms with E-state index in [1.165, 1.54) is 7.11 Å². The molecule has 0 unspecified atom stereocenters. The van der Waals surface area contributed by atoms with Crippen LogP contribution in [0.15, 0.2) is 48.7 Å². The summed E-state index contributed by atoms with van der Waals surface area (Å²) in [5, 5.41) is 3.32. The molecule has 3 heterocycles. The number of nitrogens with one attached hydrogen (secondary N) is 1. The molecule has 0 spiro atoms. The molecule has 3 aromatic rings. The lowest BCUT2D eigenvalue weighted by molar-refractivity contribution is 0.0745. The van der Waals surface area contributed by atoms with E-state index in [-0.39, 0.29) is 5.91 Å². The minimum Gasteiger partial charge on any atom is -0.497 e. The number of anilines is 3. The first-order chi connectivity index (χ1) is 15.6. The van der Waals surface area contributed by atoms with Crippen molar-refractivity contribution in [1.82, 2.24) is 19.9 Å². The van der Waals surface area contributed by atoms with Crippen molar-refractivity contribution in [2.75, 3.05) is 50.6 Å². The summed E-state index contributed by atoms with van der Waals surface area (Å²) < 4.78 is 10.3. The van der Waals surface area contributed by atoms with Crippen LogP contribution in [0, 0.1) is 6.92 Å². The topological polar surface area (TPSA) is 92.7 Å². The van der Waals surface area contributed by atoms with Crippen LogP contribution < -0.4 is 19.7 Å². The van der Waals surface area contributed by atoms with Crippen LogP contribution in [0.2, 0.25) is 0 Å². The summed E-state index contributed by atoms with van der Waals surface area (Å²) in [7, 11) is 3.18. The van der Waals surface area contributed by atoms with Gasteiger partial charge in [-0.3, -0.25) is 4.79 Å². The lowest BCUT2D eigenvalue weighted by Crippen LogP contribution is -2.49. The summed E-state index contributed by atoms with van der Waals surface area (Å²) in [6.45, 7) is 4.42. The maximum Gasteiger partial charge on any atom is 0.254 e. The zero-order chi connectivity index (χ0) is 22.5. The van der Waals surface area contributed by atoms with Crippen molar-refractivity contribution in [2.45, 2.75) is 6.92 Å². The molecule has 1 saturated heterocycles. The van der Waals surface area contributed by atoms with Gasteiger partial charge in [-0.1, -0.05) is 0 Å². The molecule has 32 heavy (non-hydrogen) atoms. The van der Waals surface area contributed by atoms with Gasteiger partial charge in [-0.2, -0.15) is 4.98 Å². The largest absolute Gasteiger partial charge is 0.497 e. The second kappa shape index (κ2) is 9.51. The van der Waals surface area contributed by atoms with Crippen molar-refractivity contribution in [1.29, 1.82) is 0 Å². The molecule has 4 rings (SSSR count). The maximum atomic E-state index is 12.8. The molecular formula is C23H26N6O3. The summed E-state index contributed by atoms with van der Waals surface area (Å²) >= 11 is 0. The van der Waals surface area contributed by atoms with E-state index in [0.29, 0.717) is 43.6 Å². The molecule has 1 aliphatic heterocycles. The van der Waals surface area contributed by atoms with Crippen molar-refractivity contribution in [3.05, 3.63) is 59.9 Å². The summed E-state index contributed by atoms with van der Waals surface area (Å²) in [5.74, 6) is 2.57. The molecule has 9 heteroatoms. The van der Waals surface area contributed by atoms with Gasteiger partial charge >= 0.3 is 0 Å². The van der Waals surface area contributed by atoms with Gasteiger partial charge in [0, 0.05) is 61.5 Å². The van der Waals surface area contributed by atoms with Gasteiger partial charge in [-0.05, 0) is 37.3 Å². The second-order valence-electron chi connectivity index (χ2n) is 7.41. The van der Waals surface area contributed by atoms with Gasteiger partial charge in [-0.15, -0.1) is 0 Å². The smallest absolute Gasteiger partial charge is 0.254 e. The molecular weight excluding hydrogens is 408 g/mol. The van der Waals surface area contributed by atoms with Crippen LogP contribution in [0.25, 0.3) is 0 Å². The number of ether oxygens (including phenoxy) is 2. The fourth-order valence-corrected chi connectivity index (χ4v) is 3.53. The van der Waals surface area contributed by atoms with E-state index in [0.717, 1.165) is 22.9 Å². The average Bonchev–Trinajstić information content (AvgIpc) is 2.84. The number of hydrogen-bond donors (Lipinski definition) is 1. The third-order valence-electron chi connectivity index (χ3n) is 5.25. The number of nitrogens with zero attached hydrogens (tertiary/aromatic N) is 5. The number of hydrogen-bond acceptors (Lipinski definition) is 8. The number of pyridine rings is 1. The highest BCUT2D eigenvalue weighted by atomic mass is 16.5. The van der Waals surface area contributed by atoms with Crippen molar-refractivity contribution in [3.63, 3.8) is 0 Å². The average molecular weight is 435 g/mol. The Labute approximate surface area is 187 Å². The predicted molar refractivity (Wildman–Crippen MR) is 122 cm³/mol. The van der Waals surface area contributed by atoms with Crippen molar-refractivity contribution >= 4 is 23.4 Å². The van der Waals surface area contributed by atoms with Gasteiger partial charge in [0.15, 0.2) is 0 Å². The van der Waals surface area contributed by atoms with E-state index >= 15 is 0 Å². The van der Waals surface area contributed by atoms with E-state index in [1.807, 2.05) is 42.2 Å². The minimum atomic E-state index is -0.0302. The molecule has 166 valence electrons. The molecule has 1 aromatic carbocycles. The van der Waals surface area contributed by atoms with Crippen molar-refractivity contribution < 1.29 is 14.3 Å². The van der Waals surface area contributed by atoms with E-state index in [4.69, 9.17) is 14.5 Å². The molecule has 1 N–H and O–H groups in total. The second-order valence-corrected chi connectivity index (χ2v) is 7.41. The Morgan fingerprint density at radius 1 is 0.969 bits per heavy atom. The molecule has 9 nitrogen and oxygen atoms in total. The normalized spacial score (nSPS) is 13.6. The first-order valence-electron chi connectivity index (χ1n) is 10.4. The number of methoxy groups -OCH3 is 2. The number of piperazine rings is 1. The Kier molecular flexibility index (Phi) is 6.34. The highest BCUT2D eigenvalue weighted by molar-refractivity contribution is 5.94. The predicted octanol–water partition coefficient (Wildman–Crippen LogP) is 2.90. The standard InChI is InChI=1S/C23H26N6O3/c1-16-14-20(26-18-4-6-19(31-2)7-5-18)27-23(25-16)29-12-10-28(11-13-29)22(30)17-8-9-24-21(15-17)32-3/h4-9,14-15H,10-13H2,1-3H3,(H,25,26,27). The Morgan fingerprint density at radius 2 is 1.72 bits per heavy atom. The zero-order valence-electron chi connectivity index (χ0n) is 18.4. The van der Waals surface area contributed by atoms with E-state index in [9.17, 15) is 4.79 Å². The first-order valence-corrected chi connectivity index (χ1v) is 10.4. The third-order valence-corrected chi connectivity index (χ3v) is 5.25. The molecule has 0 atom stereocenters. The van der Waals surface area contributed by atoms with E-state index < -0.39 is 0 Å². The van der Waals surface area contributed by atoms with E-state index in [1.54, 1.807) is 25.4 Å². The lowest BCUT2D eigenvalue weighted by Gasteiger charge is -2.35. The van der Waals surface area contributed by atoms with Crippen molar-refractivity contribution in [2.24, 2.45) is 0 Å². The summed E-state index contributed by atoms with van der Waals surface area (Å²) in [4.78, 5) is 30.1. The molecule has 0 radical (unpaired) electrons. The molecule has 0 bridgehead atoms. The third kappa shape index (κ3) is 4.88. The van der Waals surface area contributed by atoms with Gasteiger partial charge in [0.25, 0.3) is 5.91 Å². The van der Waals surface area contributed by atoms with Gasteiger partial charge in [0.2, 0.25) is 11.8 Å². The van der Waals surface area contributed by atoms with Gasteiger partial charge in [0.05, 0.1) is 14.2 Å². The summed E-state index contributed by atoms with van der Waals surface area (Å²) in [5.41, 5.74) is 2.36. The summed E-state index contributed by atoms with van der Waals surface area (Å²) in [6, 6.07) is 12.9. The quantitative estimate of drug-likeness (QED) is 0.633. The first kappa shape index (κ1) is 21.4. The van der Waals surface area contributed by atoms with Crippen LogP contribution in [-0.2, 0) is 0 Å². The highest BCUT2D eigenvalue weighted by Gasteiger charge is 2.24. The van der Waals surface area contributed by atoms with Crippen LogP contribution >= 0.6 is 0 Å². The van der Waals surface area contributed by atoms with Crippen LogP contribution in [-0.4, -0.2) is 66.2 Å². The zero-order valence-corrected chi connectivity index (χ0v) is 18.4. The molecule has 0 saturated carbocycles. The number of amides is 1. The Balaban J connectivity index is 1.42. The fourth-order valence-electron chi connectivity index (χ4n) is 3.53. The number of carbonyl (C=O) groups excluding carboxylic acids is 1. The number of aryl methyl sites for hydroxylation is 1. The monoisotopic (exact) mass is 434 g/mol. The molecule has 1 fully saturated rings. The Bertz CT molecular complexity index is 1080.